The van der Waals surface area contributed by atoms with Crippen molar-refractivity contribution < 1.29 is 14.0 Å². The van der Waals surface area contributed by atoms with Gasteiger partial charge < -0.3 is 20.4 Å². The lowest BCUT2D eigenvalue weighted by atomic mass is 10.00. The maximum absolute atomic E-state index is 13.3. The van der Waals surface area contributed by atoms with Gasteiger partial charge in [0.25, 0.3) is 0 Å². The molecule has 2 heterocycles. The van der Waals surface area contributed by atoms with Crippen molar-refractivity contribution in [3.8, 4) is 0 Å². The van der Waals surface area contributed by atoms with Crippen LogP contribution in [0.25, 0.3) is 6.08 Å². The van der Waals surface area contributed by atoms with E-state index in [1.807, 2.05) is 44.1 Å². The van der Waals surface area contributed by atoms with Crippen LogP contribution in [0.2, 0.25) is 5.02 Å². The molecule has 0 aromatic heterocycles. The first-order chi connectivity index (χ1) is 17.2. The van der Waals surface area contributed by atoms with Crippen LogP contribution in [0.1, 0.15) is 16.7 Å². The van der Waals surface area contributed by atoms with Gasteiger partial charge in [-0.1, -0.05) is 23.7 Å². The number of hydrogen-bond donors (Lipinski definition) is 2. The predicted octanol–water partition coefficient (Wildman–Crippen LogP) is 2.99. The van der Waals surface area contributed by atoms with E-state index in [1.54, 1.807) is 23.1 Å². The van der Waals surface area contributed by atoms with E-state index >= 15 is 0 Å². The highest BCUT2D eigenvalue weighted by molar-refractivity contribution is 6.31. The first kappa shape index (κ1) is 26.3. The van der Waals surface area contributed by atoms with Gasteiger partial charge in [-0.3, -0.25) is 14.5 Å². The summed E-state index contributed by atoms with van der Waals surface area (Å²) in [5.74, 6) is -0.441. The van der Waals surface area contributed by atoms with Gasteiger partial charge in [-0.05, 0) is 68.1 Å². The molecule has 7 nitrogen and oxygen atoms in total. The number of halogens is 2. The smallest absolute Gasteiger partial charge is 0.247 e. The lowest BCUT2D eigenvalue weighted by molar-refractivity contribution is -0.136. The van der Waals surface area contributed by atoms with Crippen LogP contribution >= 0.6 is 11.6 Å². The molecular weight excluding hydrogens is 481 g/mol. The number of rotatable bonds is 7. The maximum Gasteiger partial charge on any atom is 0.247 e. The number of benzene rings is 2. The molecule has 2 aromatic rings. The molecule has 4 rings (SSSR count). The molecule has 2 aliphatic rings. The third-order valence-electron chi connectivity index (χ3n) is 6.53. The summed E-state index contributed by atoms with van der Waals surface area (Å²) in [5.41, 5.74) is 3.23. The van der Waals surface area contributed by atoms with Gasteiger partial charge in [-0.25, -0.2) is 4.39 Å². The fourth-order valence-electron chi connectivity index (χ4n) is 4.90. The Bertz CT molecular complexity index is 1120. The molecule has 0 aliphatic carbocycles. The van der Waals surface area contributed by atoms with Gasteiger partial charge in [0.2, 0.25) is 11.8 Å². The summed E-state index contributed by atoms with van der Waals surface area (Å²) in [6, 6.07) is 10.3. The quantitative estimate of drug-likeness (QED) is 0.557. The largest absolute Gasteiger partial charge is 0.328 e. The summed E-state index contributed by atoms with van der Waals surface area (Å²) in [7, 11) is 3.65. The number of aryl methyl sites for hydroxylation is 1. The molecule has 0 saturated carbocycles. The molecule has 2 aromatic carbocycles. The summed E-state index contributed by atoms with van der Waals surface area (Å²) in [6.07, 6.45) is 3.34. The zero-order valence-corrected chi connectivity index (χ0v) is 21.7. The van der Waals surface area contributed by atoms with Crippen LogP contribution in [0.5, 0.6) is 0 Å². The number of amides is 2. The minimum atomic E-state index is -0.238. The number of nitrogens with one attached hydrogen (secondary N) is 2. The average Bonchev–Trinajstić information content (AvgIpc) is 2.80. The molecule has 0 spiro atoms. The molecular formula is C27H33ClFN5O2. The third kappa shape index (κ3) is 6.50. The number of hydrogen-bond acceptors (Lipinski definition) is 5. The van der Waals surface area contributed by atoms with Gasteiger partial charge >= 0.3 is 0 Å². The van der Waals surface area contributed by atoms with E-state index < -0.39 is 0 Å². The molecule has 0 radical (unpaired) electrons. The molecule has 2 atom stereocenters. The van der Waals surface area contributed by atoms with E-state index in [4.69, 9.17) is 11.6 Å². The van der Waals surface area contributed by atoms with Crippen LogP contribution in [0.15, 0.2) is 42.5 Å². The van der Waals surface area contributed by atoms with Crippen molar-refractivity contribution in [1.29, 1.82) is 0 Å². The van der Waals surface area contributed by atoms with Gasteiger partial charge in [-0.15, -0.1) is 0 Å². The number of nitrogens with zero attached hydrogens (tertiary/aromatic N) is 3. The van der Waals surface area contributed by atoms with Crippen molar-refractivity contribution >= 4 is 35.2 Å². The highest BCUT2D eigenvalue weighted by atomic mass is 35.5. The lowest BCUT2D eigenvalue weighted by Crippen LogP contribution is -2.68. The van der Waals surface area contributed by atoms with Gasteiger partial charge in [0.05, 0.1) is 18.6 Å². The van der Waals surface area contributed by atoms with E-state index in [-0.39, 0.29) is 36.3 Å². The fourth-order valence-corrected chi connectivity index (χ4v) is 5.06. The van der Waals surface area contributed by atoms with Gasteiger partial charge in [0.1, 0.15) is 5.82 Å². The summed E-state index contributed by atoms with van der Waals surface area (Å²) >= 11 is 6.31. The molecule has 2 aliphatic heterocycles. The van der Waals surface area contributed by atoms with Crippen molar-refractivity contribution in [3.63, 3.8) is 0 Å². The predicted molar refractivity (Wildman–Crippen MR) is 141 cm³/mol. The van der Waals surface area contributed by atoms with Crippen molar-refractivity contribution in [1.82, 2.24) is 20.0 Å². The zero-order valence-electron chi connectivity index (χ0n) is 20.9. The van der Waals surface area contributed by atoms with Crippen LogP contribution in [0.4, 0.5) is 10.1 Å². The molecule has 2 unspecified atom stereocenters. The standard InChI is InChI=1S/C27H33ClFN5O2/c1-18-10-20(25(11-24(18)28)31-26(35)17-32(2)3)6-9-27(36)34-22-12-30-13-23(34)16-33(15-22)14-19-4-7-21(29)8-5-19/h4-11,22-23,30H,12-17H2,1-3H3,(H,31,35). The maximum atomic E-state index is 13.3. The Morgan fingerprint density at radius 3 is 2.47 bits per heavy atom. The van der Waals surface area contributed by atoms with E-state index in [2.05, 4.69) is 15.5 Å². The Labute approximate surface area is 216 Å². The number of piperazine rings is 2. The Hall–Kier alpha value is -2.78. The molecule has 2 amide bonds. The van der Waals surface area contributed by atoms with E-state index in [0.717, 1.165) is 49.4 Å². The van der Waals surface area contributed by atoms with Crippen LogP contribution < -0.4 is 10.6 Å². The van der Waals surface area contributed by atoms with Crippen molar-refractivity contribution in [2.75, 3.05) is 52.1 Å². The van der Waals surface area contributed by atoms with E-state index in [1.165, 1.54) is 12.1 Å². The van der Waals surface area contributed by atoms with Gasteiger partial charge in [-0.2, -0.15) is 0 Å². The summed E-state index contributed by atoms with van der Waals surface area (Å²) < 4.78 is 13.3. The number of fused-ring (bicyclic) bond motifs is 2. The van der Waals surface area contributed by atoms with E-state index in [9.17, 15) is 14.0 Å². The van der Waals surface area contributed by atoms with Crippen LogP contribution in [0, 0.1) is 12.7 Å². The fraction of sp³-hybridized carbons (Fsp3) is 0.407. The second kappa shape index (κ2) is 11.5. The minimum Gasteiger partial charge on any atom is -0.328 e. The number of likely N-dealkylation sites (N-methyl/N-ethyl adjacent to an activating group) is 1. The first-order valence-corrected chi connectivity index (χ1v) is 12.5. The molecule has 2 fully saturated rings. The topological polar surface area (TPSA) is 67.9 Å². The van der Waals surface area contributed by atoms with Crippen molar-refractivity contribution in [3.05, 3.63) is 70.0 Å². The summed E-state index contributed by atoms with van der Waals surface area (Å²) in [5, 5.41) is 6.89. The highest BCUT2D eigenvalue weighted by Gasteiger charge is 2.39. The Kier molecular flexibility index (Phi) is 8.41. The monoisotopic (exact) mass is 513 g/mol. The van der Waals surface area contributed by atoms with E-state index in [0.29, 0.717) is 10.7 Å². The van der Waals surface area contributed by atoms with Crippen LogP contribution in [-0.4, -0.2) is 85.4 Å². The first-order valence-electron chi connectivity index (χ1n) is 12.1. The summed E-state index contributed by atoms with van der Waals surface area (Å²) in [4.78, 5) is 31.8. The molecule has 192 valence electrons. The number of carbonyl (C=O) groups excluding carboxylic acids is 2. The normalized spacial score (nSPS) is 20.2. The molecule has 2 N–H and O–H groups in total. The lowest BCUT2D eigenvalue weighted by Gasteiger charge is -2.50. The third-order valence-corrected chi connectivity index (χ3v) is 6.94. The summed E-state index contributed by atoms with van der Waals surface area (Å²) in [6.45, 7) is 5.79. The molecule has 2 saturated heterocycles. The number of anilines is 1. The zero-order chi connectivity index (χ0) is 25.8. The average molecular weight is 514 g/mol. The Morgan fingerprint density at radius 2 is 1.83 bits per heavy atom. The van der Waals surface area contributed by atoms with Crippen molar-refractivity contribution in [2.45, 2.75) is 25.6 Å². The number of carbonyl (C=O) groups is 2. The Morgan fingerprint density at radius 1 is 1.17 bits per heavy atom. The van der Waals surface area contributed by atoms with Crippen molar-refractivity contribution in [2.24, 2.45) is 0 Å². The second-order valence-corrected chi connectivity index (χ2v) is 10.2. The van der Waals surface area contributed by atoms with Gasteiger partial charge in [0, 0.05) is 49.5 Å². The van der Waals surface area contributed by atoms with Crippen LogP contribution in [0.3, 0.4) is 0 Å². The molecule has 36 heavy (non-hydrogen) atoms. The second-order valence-electron chi connectivity index (χ2n) is 9.84. The Balaban J connectivity index is 1.47. The SMILES string of the molecule is Cc1cc(C=CC(=O)N2C3CNCC2CN(Cc2ccc(F)cc2)C3)c(NC(=O)CN(C)C)cc1Cl. The highest BCUT2D eigenvalue weighted by Crippen LogP contribution is 2.27. The van der Waals surface area contributed by atoms with Gasteiger partial charge in [0.15, 0.2) is 0 Å². The van der Waals surface area contributed by atoms with Crippen LogP contribution in [-0.2, 0) is 16.1 Å². The molecule has 2 bridgehead atoms. The molecule has 9 heteroatoms. The minimum absolute atomic E-state index is 0.0429.